The summed E-state index contributed by atoms with van der Waals surface area (Å²) in [6, 6.07) is 5.83. The molecule has 18 heavy (non-hydrogen) atoms. The zero-order chi connectivity index (χ0) is 13.3. The zero-order valence-electron chi connectivity index (χ0n) is 10.9. The normalized spacial score (nSPS) is 22.9. The van der Waals surface area contributed by atoms with Gasteiger partial charge in [-0.05, 0) is 54.9 Å². The van der Waals surface area contributed by atoms with Gasteiger partial charge >= 0.3 is 0 Å². The molecule has 1 unspecified atom stereocenters. The maximum Gasteiger partial charge on any atom is 0.151 e. The van der Waals surface area contributed by atoms with Crippen molar-refractivity contribution in [2.45, 2.75) is 32.5 Å². The van der Waals surface area contributed by atoms with E-state index in [-0.39, 0.29) is 11.7 Å². The van der Waals surface area contributed by atoms with E-state index < -0.39 is 0 Å². The molecule has 1 saturated heterocycles. The summed E-state index contributed by atoms with van der Waals surface area (Å²) in [6.45, 7) is 8.01. The molecule has 1 aliphatic rings. The highest BCUT2D eigenvalue weighted by atomic mass is 79.9. The minimum absolute atomic E-state index is 0.145. The van der Waals surface area contributed by atoms with E-state index in [1.807, 2.05) is 18.2 Å². The Hall–Kier alpha value is -0.870. The maximum atomic E-state index is 10.8. The lowest BCUT2D eigenvalue weighted by Gasteiger charge is -2.43. The summed E-state index contributed by atoms with van der Waals surface area (Å²) >= 11 is 3.43. The molecule has 0 amide bonds. The number of morpholine rings is 1. The molecule has 1 aromatic carbocycles. The van der Waals surface area contributed by atoms with E-state index in [0.717, 1.165) is 29.5 Å². The van der Waals surface area contributed by atoms with Crippen molar-refractivity contribution in [2.75, 3.05) is 18.0 Å². The molecule has 0 bridgehead atoms. The van der Waals surface area contributed by atoms with Crippen LogP contribution in [-0.2, 0) is 4.74 Å². The fourth-order valence-electron chi connectivity index (χ4n) is 2.46. The summed E-state index contributed by atoms with van der Waals surface area (Å²) < 4.78 is 6.73. The summed E-state index contributed by atoms with van der Waals surface area (Å²) in [5.74, 6) is 0. The van der Waals surface area contributed by atoms with Gasteiger partial charge in [-0.25, -0.2) is 0 Å². The van der Waals surface area contributed by atoms with Crippen LogP contribution in [0.15, 0.2) is 22.7 Å². The van der Waals surface area contributed by atoms with E-state index in [4.69, 9.17) is 4.74 Å². The number of ether oxygens (including phenoxy) is 1. The van der Waals surface area contributed by atoms with Crippen LogP contribution in [0.5, 0.6) is 0 Å². The van der Waals surface area contributed by atoms with Gasteiger partial charge in [0.05, 0.1) is 11.7 Å². The Labute approximate surface area is 116 Å². The molecule has 0 N–H and O–H groups in total. The highest BCUT2D eigenvalue weighted by Gasteiger charge is 2.31. The Morgan fingerprint density at radius 3 is 2.78 bits per heavy atom. The molecule has 4 heteroatoms. The van der Waals surface area contributed by atoms with Gasteiger partial charge in [0.2, 0.25) is 0 Å². The molecule has 0 radical (unpaired) electrons. The number of hydrogen-bond donors (Lipinski definition) is 0. The van der Waals surface area contributed by atoms with E-state index in [9.17, 15) is 4.79 Å². The summed E-state index contributed by atoms with van der Waals surface area (Å²) in [6.07, 6.45) is 1.07. The lowest BCUT2D eigenvalue weighted by atomic mass is 10.0. The van der Waals surface area contributed by atoms with E-state index in [1.165, 1.54) is 0 Å². The van der Waals surface area contributed by atoms with Crippen molar-refractivity contribution >= 4 is 27.9 Å². The van der Waals surface area contributed by atoms with Crippen molar-refractivity contribution in [2.24, 2.45) is 0 Å². The van der Waals surface area contributed by atoms with Crippen LogP contribution < -0.4 is 4.90 Å². The second-order valence-corrected chi connectivity index (χ2v) is 6.25. The van der Waals surface area contributed by atoms with Gasteiger partial charge in [-0.3, -0.25) is 4.79 Å². The van der Waals surface area contributed by atoms with Crippen LogP contribution in [-0.4, -0.2) is 31.1 Å². The number of rotatable bonds is 2. The Morgan fingerprint density at radius 1 is 1.50 bits per heavy atom. The lowest BCUT2D eigenvalue weighted by Crippen LogP contribution is -2.52. The number of anilines is 1. The largest absolute Gasteiger partial charge is 0.369 e. The van der Waals surface area contributed by atoms with Crippen LogP contribution in [0.4, 0.5) is 5.69 Å². The molecule has 3 nitrogen and oxygen atoms in total. The van der Waals surface area contributed by atoms with Crippen LogP contribution in [0.25, 0.3) is 0 Å². The molecule has 98 valence electrons. The van der Waals surface area contributed by atoms with E-state index in [0.29, 0.717) is 5.56 Å². The number of nitrogens with zero attached hydrogens (tertiary/aromatic N) is 1. The maximum absolute atomic E-state index is 10.8. The van der Waals surface area contributed by atoms with Gasteiger partial charge < -0.3 is 9.64 Å². The molecule has 1 atom stereocenters. The Balaban J connectivity index is 2.25. The number of hydrogen-bond acceptors (Lipinski definition) is 3. The van der Waals surface area contributed by atoms with Crippen molar-refractivity contribution in [3.63, 3.8) is 0 Å². The third-order valence-electron chi connectivity index (χ3n) is 3.05. The van der Waals surface area contributed by atoms with Crippen LogP contribution in [0, 0.1) is 0 Å². The van der Waals surface area contributed by atoms with Gasteiger partial charge in [0.25, 0.3) is 0 Å². The fraction of sp³-hybridized carbons (Fsp3) is 0.500. The average Bonchev–Trinajstić information content (AvgIpc) is 2.26. The minimum Gasteiger partial charge on any atom is -0.369 e. The molecule has 1 heterocycles. The van der Waals surface area contributed by atoms with Crippen molar-refractivity contribution < 1.29 is 9.53 Å². The molecule has 2 rings (SSSR count). The number of halogens is 1. The second kappa shape index (κ2) is 5.02. The summed E-state index contributed by atoms with van der Waals surface area (Å²) in [5, 5.41) is 0. The Bertz CT molecular complexity index is 459. The zero-order valence-corrected chi connectivity index (χ0v) is 12.5. The molecule has 0 aliphatic carbocycles. The smallest absolute Gasteiger partial charge is 0.151 e. The molecule has 1 fully saturated rings. The van der Waals surface area contributed by atoms with Gasteiger partial charge in [0, 0.05) is 28.8 Å². The van der Waals surface area contributed by atoms with Gasteiger partial charge in [0.1, 0.15) is 0 Å². The quantitative estimate of drug-likeness (QED) is 0.785. The summed E-state index contributed by atoms with van der Waals surface area (Å²) in [5.41, 5.74) is 1.66. The second-order valence-electron chi connectivity index (χ2n) is 5.39. The van der Waals surface area contributed by atoms with Crippen molar-refractivity contribution in [3.05, 3.63) is 28.2 Å². The molecule has 0 aromatic heterocycles. The topological polar surface area (TPSA) is 29.5 Å². The van der Waals surface area contributed by atoms with E-state index in [1.54, 1.807) is 0 Å². The SMILES string of the molecule is CC1CN(c2ccc(C=O)c(Br)c2)CC(C)(C)O1. The fourth-order valence-corrected chi connectivity index (χ4v) is 2.92. The molecule has 1 aliphatic heterocycles. The lowest BCUT2D eigenvalue weighted by molar-refractivity contribution is -0.0749. The molecule has 0 spiro atoms. The van der Waals surface area contributed by atoms with Gasteiger partial charge in [0.15, 0.2) is 6.29 Å². The average molecular weight is 312 g/mol. The van der Waals surface area contributed by atoms with Crippen LogP contribution in [0.3, 0.4) is 0 Å². The van der Waals surface area contributed by atoms with Gasteiger partial charge in [-0.1, -0.05) is 0 Å². The van der Waals surface area contributed by atoms with Crippen molar-refractivity contribution in [3.8, 4) is 0 Å². The molecule has 1 aromatic rings. The predicted octanol–water partition coefficient (Wildman–Crippen LogP) is 3.27. The summed E-state index contributed by atoms with van der Waals surface area (Å²) in [4.78, 5) is 13.1. The monoisotopic (exact) mass is 311 g/mol. The first-order valence-electron chi connectivity index (χ1n) is 6.09. The third kappa shape index (κ3) is 2.93. The number of aldehydes is 1. The first-order chi connectivity index (χ1) is 8.41. The van der Waals surface area contributed by atoms with Gasteiger partial charge in [-0.2, -0.15) is 0 Å². The molecular formula is C14H18BrNO2. The molecular weight excluding hydrogens is 294 g/mol. The highest BCUT2D eigenvalue weighted by Crippen LogP contribution is 2.28. The van der Waals surface area contributed by atoms with Crippen molar-refractivity contribution in [1.82, 2.24) is 0 Å². The number of carbonyl (C=O) groups excluding carboxylic acids is 1. The molecule has 0 saturated carbocycles. The van der Waals surface area contributed by atoms with E-state index in [2.05, 4.69) is 41.6 Å². The van der Waals surface area contributed by atoms with Crippen molar-refractivity contribution in [1.29, 1.82) is 0 Å². The third-order valence-corrected chi connectivity index (χ3v) is 3.73. The Morgan fingerprint density at radius 2 is 2.22 bits per heavy atom. The van der Waals surface area contributed by atoms with Crippen LogP contribution >= 0.6 is 15.9 Å². The standard InChI is InChI=1S/C14H18BrNO2/c1-10-7-16(9-14(2,3)18-10)12-5-4-11(8-17)13(15)6-12/h4-6,8,10H,7,9H2,1-3H3. The van der Waals surface area contributed by atoms with Crippen LogP contribution in [0.2, 0.25) is 0 Å². The summed E-state index contributed by atoms with van der Waals surface area (Å²) in [7, 11) is 0. The number of carbonyl (C=O) groups is 1. The van der Waals surface area contributed by atoms with Crippen LogP contribution in [0.1, 0.15) is 31.1 Å². The van der Waals surface area contributed by atoms with E-state index >= 15 is 0 Å². The minimum atomic E-state index is -0.145. The number of benzene rings is 1. The Kier molecular flexibility index (Phi) is 3.78. The predicted molar refractivity (Wildman–Crippen MR) is 76.4 cm³/mol. The van der Waals surface area contributed by atoms with Gasteiger partial charge in [-0.15, -0.1) is 0 Å². The highest BCUT2D eigenvalue weighted by molar-refractivity contribution is 9.10. The first-order valence-corrected chi connectivity index (χ1v) is 6.88. The first kappa shape index (κ1) is 13.6.